The van der Waals surface area contributed by atoms with Gasteiger partial charge in [-0.15, -0.1) is 0 Å². The molecule has 1 aromatic heterocycles. The maximum atomic E-state index is 12.1. The number of nitrogens with zero attached hydrogens (tertiary/aromatic N) is 1. The van der Waals surface area contributed by atoms with Gasteiger partial charge in [0.1, 0.15) is 17.4 Å². The maximum absolute atomic E-state index is 12.1. The molecule has 1 atom stereocenters. The number of nitrogens with two attached hydrogens (primary N) is 2. The third-order valence-electron chi connectivity index (χ3n) is 4.89. The molecule has 0 unspecified atom stereocenters. The number of aliphatic imine (C=N–C) groups is 1. The molecular weight excluding hydrogens is 392 g/mol. The summed E-state index contributed by atoms with van der Waals surface area (Å²) in [5.74, 6) is -1.47. The molecule has 1 amide bonds. The average Bonchev–Trinajstić information content (AvgIpc) is 3.19. The van der Waals surface area contributed by atoms with Crippen LogP contribution in [0.25, 0.3) is 11.0 Å². The normalized spacial score (nSPS) is 13.5. The van der Waals surface area contributed by atoms with Gasteiger partial charge in [-0.25, -0.2) is 9.59 Å². The number of carboxylic acids is 1. The second-order valence-corrected chi connectivity index (χ2v) is 7.05. The van der Waals surface area contributed by atoms with Gasteiger partial charge >= 0.3 is 11.6 Å². The number of guanidine groups is 1. The monoisotopic (exact) mass is 416 g/mol. The number of ether oxygens (including phenoxy) is 1. The Hall–Kier alpha value is -3.56. The lowest BCUT2D eigenvalue weighted by Crippen LogP contribution is -2.43. The SMILES string of the molecule is NC(N)=NCCC[C@@H](NC(=O)COc1ccc2c3c(c(=O)oc2c1)CCC3)C(=O)O. The lowest BCUT2D eigenvalue weighted by Gasteiger charge is -2.14. The molecular formula is C20H24N4O6. The zero-order chi connectivity index (χ0) is 21.7. The summed E-state index contributed by atoms with van der Waals surface area (Å²) in [6.07, 6.45) is 3.05. The number of carboxylic acid groups (broad SMARTS) is 1. The van der Waals surface area contributed by atoms with Gasteiger partial charge in [0, 0.05) is 23.6 Å². The molecule has 0 saturated heterocycles. The Kier molecular flexibility index (Phi) is 6.55. The Bertz CT molecular complexity index is 1040. The number of hydrogen-bond donors (Lipinski definition) is 4. The number of nitrogens with one attached hydrogen (secondary N) is 1. The number of benzene rings is 1. The van der Waals surface area contributed by atoms with Crippen LogP contribution in [-0.2, 0) is 22.4 Å². The van der Waals surface area contributed by atoms with Gasteiger partial charge in [0.25, 0.3) is 5.91 Å². The third-order valence-corrected chi connectivity index (χ3v) is 4.89. The zero-order valence-electron chi connectivity index (χ0n) is 16.3. The van der Waals surface area contributed by atoms with E-state index in [9.17, 15) is 19.5 Å². The average molecular weight is 416 g/mol. The minimum absolute atomic E-state index is 0.0736. The van der Waals surface area contributed by atoms with E-state index >= 15 is 0 Å². The molecule has 1 aliphatic carbocycles. The summed E-state index contributed by atoms with van der Waals surface area (Å²) in [4.78, 5) is 39.3. The molecule has 0 bridgehead atoms. The highest BCUT2D eigenvalue weighted by molar-refractivity contribution is 5.85. The van der Waals surface area contributed by atoms with E-state index < -0.39 is 17.9 Å². The van der Waals surface area contributed by atoms with E-state index in [1.54, 1.807) is 18.2 Å². The molecule has 0 fully saturated rings. The van der Waals surface area contributed by atoms with Crippen molar-refractivity contribution in [2.45, 2.75) is 38.1 Å². The van der Waals surface area contributed by atoms with Crippen molar-refractivity contribution in [1.82, 2.24) is 5.32 Å². The Balaban J connectivity index is 1.59. The highest BCUT2D eigenvalue weighted by Gasteiger charge is 2.21. The second-order valence-electron chi connectivity index (χ2n) is 7.05. The molecule has 0 radical (unpaired) electrons. The standard InChI is InChI=1S/C20H24N4O6/c21-20(22)23-8-2-5-15(18(26)27)24-17(25)10-29-11-6-7-13-12-3-1-4-14(12)19(28)30-16(13)9-11/h6-7,9,15H,1-5,8,10H2,(H,24,25)(H,26,27)(H4,21,22,23)/t15-/m1/s1. The Morgan fingerprint density at radius 3 is 2.77 bits per heavy atom. The van der Waals surface area contributed by atoms with Crippen molar-refractivity contribution in [1.29, 1.82) is 0 Å². The lowest BCUT2D eigenvalue weighted by atomic mass is 10.1. The van der Waals surface area contributed by atoms with E-state index in [1.165, 1.54) is 0 Å². The maximum Gasteiger partial charge on any atom is 0.339 e. The largest absolute Gasteiger partial charge is 0.484 e. The van der Waals surface area contributed by atoms with Crippen LogP contribution in [0, 0.1) is 0 Å². The number of rotatable bonds is 9. The molecule has 2 aromatic rings. The van der Waals surface area contributed by atoms with E-state index in [4.69, 9.17) is 20.6 Å². The smallest absolute Gasteiger partial charge is 0.339 e. The second kappa shape index (κ2) is 9.29. The van der Waals surface area contributed by atoms with Gasteiger partial charge in [0.15, 0.2) is 12.6 Å². The Morgan fingerprint density at radius 1 is 1.27 bits per heavy atom. The van der Waals surface area contributed by atoms with E-state index in [2.05, 4.69) is 10.3 Å². The van der Waals surface area contributed by atoms with Crippen LogP contribution in [-0.4, -0.2) is 42.1 Å². The fourth-order valence-electron chi connectivity index (χ4n) is 3.50. The highest BCUT2D eigenvalue weighted by Crippen LogP contribution is 2.29. The molecule has 0 aliphatic heterocycles. The van der Waals surface area contributed by atoms with E-state index in [0.29, 0.717) is 17.8 Å². The fourth-order valence-corrected chi connectivity index (χ4v) is 3.50. The van der Waals surface area contributed by atoms with Crippen LogP contribution in [0.2, 0.25) is 0 Å². The summed E-state index contributed by atoms with van der Waals surface area (Å²) in [6, 6.07) is 3.98. The van der Waals surface area contributed by atoms with Crippen molar-refractivity contribution in [3.05, 3.63) is 39.7 Å². The predicted molar refractivity (Wildman–Crippen MR) is 109 cm³/mol. The molecule has 10 heteroatoms. The van der Waals surface area contributed by atoms with E-state index in [-0.39, 0.29) is 31.2 Å². The van der Waals surface area contributed by atoms with Crippen molar-refractivity contribution in [2.24, 2.45) is 16.5 Å². The molecule has 30 heavy (non-hydrogen) atoms. The van der Waals surface area contributed by atoms with Gasteiger partial charge in [-0.3, -0.25) is 9.79 Å². The molecule has 0 spiro atoms. The van der Waals surface area contributed by atoms with Crippen LogP contribution in [0.5, 0.6) is 5.75 Å². The van der Waals surface area contributed by atoms with E-state index in [1.807, 2.05) is 0 Å². The number of aryl methyl sites for hydroxylation is 1. The van der Waals surface area contributed by atoms with Crippen LogP contribution in [0.3, 0.4) is 0 Å². The molecule has 10 nitrogen and oxygen atoms in total. The Morgan fingerprint density at radius 2 is 2.03 bits per heavy atom. The zero-order valence-corrected chi connectivity index (χ0v) is 16.3. The summed E-state index contributed by atoms with van der Waals surface area (Å²) in [5, 5.41) is 12.5. The minimum Gasteiger partial charge on any atom is -0.484 e. The molecule has 1 heterocycles. The summed E-state index contributed by atoms with van der Waals surface area (Å²) in [7, 11) is 0. The number of amides is 1. The summed E-state index contributed by atoms with van der Waals surface area (Å²) < 4.78 is 10.8. The van der Waals surface area contributed by atoms with Gasteiger partial charge in [-0.05, 0) is 49.8 Å². The molecule has 0 saturated carbocycles. The Labute approximate surface area is 171 Å². The van der Waals surface area contributed by atoms with E-state index in [0.717, 1.165) is 35.8 Å². The highest BCUT2D eigenvalue weighted by atomic mass is 16.5. The first-order chi connectivity index (χ1) is 14.3. The number of carbonyl (C=O) groups excluding carboxylic acids is 1. The topological polar surface area (TPSA) is 170 Å². The van der Waals surface area contributed by atoms with Crippen LogP contribution < -0.4 is 27.1 Å². The minimum atomic E-state index is -1.16. The van der Waals surface area contributed by atoms with Crippen LogP contribution in [0.4, 0.5) is 0 Å². The summed E-state index contributed by atoms with van der Waals surface area (Å²) in [5.41, 5.74) is 12.2. The first-order valence-corrected chi connectivity index (χ1v) is 9.64. The number of hydrogen-bond acceptors (Lipinski definition) is 6. The van der Waals surface area contributed by atoms with Crippen LogP contribution >= 0.6 is 0 Å². The summed E-state index contributed by atoms with van der Waals surface area (Å²) in [6.45, 7) is -0.108. The quantitative estimate of drug-likeness (QED) is 0.195. The first-order valence-electron chi connectivity index (χ1n) is 9.64. The van der Waals surface area contributed by atoms with Crippen molar-refractivity contribution in [2.75, 3.05) is 13.2 Å². The number of fused-ring (bicyclic) bond motifs is 3. The molecule has 3 rings (SSSR count). The van der Waals surface area contributed by atoms with Gasteiger partial charge in [-0.2, -0.15) is 0 Å². The van der Waals surface area contributed by atoms with Crippen molar-refractivity contribution < 1.29 is 23.8 Å². The van der Waals surface area contributed by atoms with Gasteiger partial charge in [0.05, 0.1) is 0 Å². The lowest BCUT2D eigenvalue weighted by molar-refractivity contribution is -0.142. The van der Waals surface area contributed by atoms with Gasteiger partial charge in [-0.1, -0.05) is 0 Å². The van der Waals surface area contributed by atoms with Crippen LogP contribution in [0.15, 0.2) is 32.4 Å². The van der Waals surface area contributed by atoms with Crippen molar-refractivity contribution >= 4 is 28.8 Å². The molecule has 160 valence electrons. The van der Waals surface area contributed by atoms with Gasteiger partial charge in [0.2, 0.25) is 0 Å². The van der Waals surface area contributed by atoms with Crippen molar-refractivity contribution in [3.8, 4) is 5.75 Å². The number of aliphatic carboxylic acids is 1. The van der Waals surface area contributed by atoms with Crippen molar-refractivity contribution in [3.63, 3.8) is 0 Å². The molecule has 6 N–H and O–H groups in total. The fraction of sp³-hybridized carbons (Fsp3) is 0.400. The third kappa shape index (κ3) is 5.07. The first kappa shape index (κ1) is 21.2. The summed E-state index contributed by atoms with van der Waals surface area (Å²) >= 11 is 0. The number of carbonyl (C=O) groups is 2. The predicted octanol–water partition coefficient (Wildman–Crippen LogP) is 0.284. The van der Waals surface area contributed by atoms with Crippen LogP contribution in [0.1, 0.15) is 30.4 Å². The molecule has 1 aromatic carbocycles. The van der Waals surface area contributed by atoms with Gasteiger partial charge < -0.3 is 31.0 Å². The molecule has 1 aliphatic rings.